The Morgan fingerprint density at radius 3 is 1.73 bits per heavy atom. The first-order valence-electron chi connectivity index (χ1n) is 9.88. The lowest BCUT2D eigenvalue weighted by Crippen LogP contribution is -2.12. The Labute approximate surface area is 171 Å². The van der Waals surface area contributed by atoms with E-state index < -0.39 is 11.2 Å². The Balaban J connectivity index is 0. The quantitative estimate of drug-likeness (QED) is 0.197. The second-order valence-corrected chi connectivity index (χ2v) is 8.45. The molecule has 0 heterocycles. The second-order valence-electron chi connectivity index (χ2n) is 7.51. The van der Waals surface area contributed by atoms with E-state index in [0.29, 0.717) is 13.0 Å². The van der Waals surface area contributed by atoms with Crippen molar-refractivity contribution in [3.05, 3.63) is 0 Å². The van der Waals surface area contributed by atoms with Gasteiger partial charge in [-0.25, -0.2) is 0 Å². The van der Waals surface area contributed by atoms with Crippen molar-refractivity contribution >= 4 is 37.2 Å². The van der Waals surface area contributed by atoms with Crippen LogP contribution in [0.15, 0.2) is 0 Å². The van der Waals surface area contributed by atoms with E-state index in [1.807, 2.05) is 0 Å². The number of carbonyl (C=O) groups is 2. The van der Waals surface area contributed by atoms with E-state index in [1.165, 1.54) is 25.7 Å². The van der Waals surface area contributed by atoms with Crippen LogP contribution in [0.1, 0.15) is 85.5 Å². The van der Waals surface area contributed by atoms with Gasteiger partial charge in [0.15, 0.2) is 0 Å². The fourth-order valence-electron chi connectivity index (χ4n) is 2.25. The number of carboxylic acid groups (broad SMARTS) is 1. The number of hydrogen-bond donors (Lipinski definition) is 3. The van der Waals surface area contributed by atoms with E-state index in [2.05, 4.69) is 53.0 Å². The number of ether oxygens (including phenoxy) is 1. The molecule has 0 radical (unpaired) electrons. The van der Waals surface area contributed by atoms with E-state index in [-0.39, 0.29) is 11.7 Å². The molecule has 0 fully saturated rings. The van der Waals surface area contributed by atoms with Crippen LogP contribution < -0.4 is 0 Å². The van der Waals surface area contributed by atoms with Crippen molar-refractivity contribution < 1.29 is 19.4 Å². The number of rotatable bonds is 14. The molecular formula is C20H40O4S2. The minimum atomic E-state index is -0.799. The highest BCUT2D eigenvalue weighted by Crippen LogP contribution is 2.12. The number of carbonyl (C=O) groups excluding carboxylic acids is 1. The summed E-state index contributed by atoms with van der Waals surface area (Å²) in [6, 6.07) is 0. The summed E-state index contributed by atoms with van der Waals surface area (Å²) in [7, 11) is 0. The van der Waals surface area contributed by atoms with E-state index in [4.69, 9.17) is 9.84 Å². The molecule has 0 aromatic rings. The summed E-state index contributed by atoms with van der Waals surface area (Å²) in [6.07, 6.45) is 9.87. The minimum absolute atomic E-state index is 0.187. The van der Waals surface area contributed by atoms with Gasteiger partial charge < -0.3 is 9.84 Å². The molecule has 0 saturated carbocycles. The van der Waals surface area contributed by atoms with Crippen molar-refractivity contribution in [2.45, 2.75) is 90.7 Å². The number of thiol groups is 2. The fraction of sp³-hybridized carbons (Fsp3) is 0.900. The first-order valence-corrected chi connectivity index (χ1v) is 11.0. The van der Waals surface area contributed by atoms with Gasteiger partial charge in [-0.3, -0.25) is 9.59 Å². The van der Waals surface area contributed by atoms with Gasteiger partial charge in [0.2, 0.25) is 0 Å². The number of esters is 1. The molecule has 0 aliphatic heterocycles. The Morgan fingerprint density at radius 1 is 0.846 bits per heavy atom. The number of unbranched alkanes of at least 4 members (excludes halogenated alkanes) is 4. The largest absolute Gasteiger partial charge is 0.480 e. The second kappa shape index (κ2) is 19.4. The fourth-order valence-corrected chi connectivity index (χ4v) is 2.53. The Bertz CT molecular complexity index is 345. The average molecular weight is 409 g/mol. The van der Waals surface area contributed by atoms with Crippen LogP contribution in [0.5, 0.6) is 0 Å². The first-order chi connectivity index (χ1) is 12.2. The molecule has 0 rings (SSSR count). The van der Waals surface area contributed by atoms with Gasteiger partial charge >= 0.3 is 11.9 Å². The highest BCUT2D eigenvalue weighted by molar-refractivity contribution is 7.81. The molecule has 6 heteroatoms. The molecule has 156 valence electrons. The predicted octanol–water partition coefficient (Wildman–Crippen LogP) is 5.65. The molecule has 4 nitrogen and oxygen atoms in total. The van der Waals surface area contributed by atoms with E-state index in [1.54, 1.807) is 0 Å². The van der Waals surface area contributed by atoms with Crippen molar-refractivity contribution in [3.8, 4) is 0 Å². The van der Waals surface area contributed by atoms with Crippen molar-refractivity contribution in [3.63, 3.8) is 0 Å². The number of hydrogen-bond acceptors (Lipinski definition) is 5. The van der Waals surface area contributed by atoms with Gasteiger partial charge in [0.25, 0.3) is 0 Å². The summed E-state index contributed by atoms with van der Waals surface area (Å²) in [5, 5.41) is 8.08. The van der Waals surface area contributed by atoms with E-state index in [0.717, 1.165) is 37.5 Å². The maximum absolute atomic E-state index is 10.7. The molecule has 1 atom stereocenters. The van der Waals surface area contributed by atoms with Gasteiger partial charge in [-0.15, -0.1) is 0 Å². The lowest BCUT2D eigenvalue weighted by atomic mass is 10.0. The third-order valence-corrected chi connectivity index (χ3v) is 4.60. The molecule has 0 amide bonds. The average Bonchev–Trinajstić information content (AvgIpc) is 2.57. The Kier molecular flexibility index (Phi) is 20.8. The number of carboxylic acids is 1. The third kappa shape index (κ3) is 23.6. The molecule has 0 aromatic carbocycles. The Morgan fingerprint density at radius 2 is 1.31 bits per heavy atom. The lowest BCUT2D eigenvalue weighted by molar-refractivity contribution is -0.140. The summed E-state index contributed by atoms with van der Waals surface area (Å²) >= 11 is 7.78. The summed E-state index contributed by atoms with van der Waals surface area (Å²) in [6.45, 7) is 9.41. The molecule has 0 aliphatic rings. The molecule has 0 aliphatic carbocycles. The zero-order valence-electron chi connectivity index (χ0n) is 17.1. The van der Waals surface area contributed by atoms with Gasteiger partial charge in [-0.2, -0.15) is 25.3 Å². The topological polar surface area (TPSA) is 63.6 Å². The molecule has 1 unspecified atom stereocenters. The predicted molar refractivity (Wildman–Crippen MR) is 116 cm³/mol. The van der Waals surface area contributed by atoms with Crippen LogP contribution in [0.2, 0.25) is 0 Å². The van der Waals surface area contributed by atoms with Gasteiger partial charge in [0, 0.05) is 0 Å². The zero-order chi connectivity index (χ0) is 20.4. The highest BCUT2D eigenvalue weighted by atomic mass is 32.1. The Hall–Kier alpha value is -0.360. The summed E-state index contributed by atoms with van der Waals surface area (Å²) < 4.78 is 4.88. The van der Waals surface area contributed by atoms with Crippen molar-refractivity contribution in [1.29, 1.82) is 0 Å². The summed E-state index contributed by atoms with van der Waals surface area (Å²) in [5.41, 5.74) is 0. The van der Waals surface area contributed by atoms with Crippen LogP contribution in [-0.2, 0) is 14.3 Å². The van der Waals surface area contributed by atoms with E-state index in [9.17, 15) is 9.59 Å². The lowest BCUT2D eigenvalue weighted by Gasteiger charge is -2.06. The van der Waals surface area contributed by atoms with Crippen LogP contribution in [0.25, 0.3) is 0 Å². The smallest absolute Gasteiger partial charge is 0.316 e. The monoisotopic (exact) mass is 408 g/mol. The number of aliphatic carboxylic acids is 1. The highest BCUT2D eigenvalue weighted by Gasteiger charge is 2.10. The summed E-state index contributed by atoms with van der Waals surface area (Å²) in [5.74, 6) is 0.706. The molecule has 1 N–H and O–H groups in total. The molecule has 0 spiro atoms. The van der Waals surface area contributed by atoms with Gasteiger partial charge in [0.05, 0.1) is 17.6 Å². The maximum Gasteiger partial charge on any atom is 0.316 e. The van der Waals surface area contributed by atoms with Crippen LogP contribution in [0, 0.1) is 11.8 Å². The normalized spacial score (nSPS) is 11.8. The van der Waals surface area contributed by atoms with Crippen LogP contribution in [0.3, 0.4) is 0 Å². The van der Waals surface area contributed by atoms with Crippen LogP contribution in [-0.4, -0.2) is 34.7 Å². The zero-order valence-corrected chi connectivity index (χ0v) is 18.9. The van der Waals surface area contributed by atoms with Gasteiger partial charge in [0.1, 0.15) is 0 Å². The van der Waals surface area contributed by atoms with Crippen LogP contribution in [0.4, 0.5) is 0 Å². The molecule has 0 saturated heterocycles. The third-order valence-electron chi connectivity index (χ3n) is 3.86. The van der Waals surface area contributed by atoms with Gasteiger partial charge in [-0.1, -0.05) is 72.6 Å². The van der Waals surface area contributed by atoms with Crippen molar-refractivity contribution in [2.75, 3.05) is 12.4 Å². The maximum atomic E-state index is 10.7. The standard InChI is InChI=1S/2C10H20O2S/c1-9(2)6-4-3-5-7-12-10(11)8-13;1-8(2)6-4-3-5-7-9(13)10(11)12/h9,13H,3-8H2,1-2H3;8-9,13H,3-7H2,1-2H3,(H,11,12). The molecule has 26 heavy (non-hydrogen) atoms. The van der Waals surface area contributed by atoms with Gasteiger partial charge in [-0.05, 0) is 24.7 Å². The molecule has 0 bridgehead atoms. The van der Waals surface area contributed by atoms with E-state index >= 15 is 0 Å². The summed E-state index contributed by atoms with van der Waals surface area (Å²) in [4.78, 5) is 21.0. The molecule has 0 aromatic heterocycles. The van der Waals surface area contributed by atoms with Crippen molar-refractivity contribution in [1.82, 2.24) is 0 Å². The SMILES string of the molecule is CC(C)CCCCCC(S)C(=O)O.CC(C)CCCCCOC(=O)CS. The molecular weight excluding hydrogens is 368 g/mol. The van der Waals surface area contributed by atoms with Crippen molar-refractivity contribution in [2.24, 2.45) is 11.8 Å². The minimum Gasteiger partial charge on any atom is -0.480 e. The first kappa shape index (κ1) is 27.9. The van der Waals surface area contributed by atoms with Crippen LogP contribution >= 0.6 is 25.3 Å².